The van der Waals surface area contributed by atoms with Crippen molar-refractivity contribution in [2.75, 3.05) is 6.61 Å². The Kier molecular flexibility index (Phi) is 6.46. The fourth-order valence-electron chi connectivity index (χ4n) is 3.67. The van der Waals surface area contributed by atoms with Gasteiger partial charge in [-0.15, -0.1) is 0 Å². The maximum atomic E-state index is 13.1. The fourth-order valence-corrected chi connectivity index (χ4v) is 5.41. The maximum Gasteiger partial charge on any atom is 0.317 e. The molecule has 1 aliphatic heterocycles. The van der Waals surface area contributed by atoms with Gasteiger partial charge in [0.2, 0.25) is 0 Å². The van der Waals surface area contributed by atoms with E-state index in [1.807, 2.05) is 32.0 Å². The summed E-state index contributed by atoms with van der Waals surface area (Å²) in [7, 11) is -2.15. The molecule has 2 rings (SSSR count). The van der Waals surface area contributed by atoms with Gasteiger partial charge >= 0.3 is 11.9 Å². The molecule has 1 aromatic rings. The third kappa shape index (κ3) is 4.66. The van der Waals surface area contributed by atoms with Gasteiger partial charge in [-0.2, -0.15) is 0 Å². The van der Waals surface area contributed by atoms with Crippen molar-refractivity contribution in [3.05, 3.63) is 29.8 Å². The van der Waals surface area contributed by atoms with Gasteiger partial charge in [-0.25, -0.2) is 0 Å². The summed E-state index contributed by atoms with van der Waals surface area (Å²) in [5.74, 6) is -1.10. The number of carbonyl (C=O) groups excluding carboxylic acids is 2. The van der Waals surface area contributed by atoms with Crippen LogP contribution in [0.1, 0.15) is 59.4 Å². The summed E-state index contributed by atoms with van der Waals surface area (Å²) in [6.45, 7) is 16.8. The summed E-state index contributed by atoms with van der Waals surface area (Å²) in [6.07, 6.45) is 0.120. The average molecular weight is 407 g/mol. The Morgan fingerprint density at radius 1 is 1.14 bits per heavy atom. The molecule has 0 amide bonds. The monoisotopic (exact) mass is 406 g/mol. The van der Waals surface area contributed by atoms with Crippen LogP contribution in [0.4, 0.5) is 0 Å². The number of benzene rings is 1. The Morgan fingerprint density at radius 2 is 1.75 bits per heavy atom. The minimum absolute atomic E-state index is 0.00259. The van der Waals surface area contributed by atoms with Gasteiger partial charge in [0.15, 0.2) is 8.32 Å². The van der Waals surface area contributed by atoms with Crippen molar-refractivity contribution in [3.8, 4) is 5.75 Å². The molecule has 5 nitrogen and oxygen atoms in total. The molecule has 1 aliphatic rings. The van der Waals surface area contributed by atoms with Crippen LogP contribution in [0.3, 0.4) is 0 Å². The van der Waals surface area contributed by atoms with E-state index in [1.165, 1.54) is 0 Å². The highest BCUT2D eigenvalue weighted by Crippen LogP contribution is 2.48. The first kappa shape index (κ1) is 22.6. The Balaban J connectivity index is 2.46. The maximum absolute atomic E-state index is 13.1. The molecule has 0 spiro atoms. The highest BCUT2D eigenvalue weighted by atomic mass is 28.4. The number of hydrogen-bond acceptors (Lipinski definition) is 5. The molecule has 1 aromatic carbocycles. The standard InChI is InChI=1S/C22H34O5Si/c1-9-25-18(23)14-16-15-12-10-11-13-17(15)26-20(24)19(16)22(5,6)27-28(7,8)21(2,3)4/h10-13,16,19H,9,14H2,1-8H3/t16-,19+/m1/s1. The van der Waals surface area contributed by atoms with Crippen molar-refractivity contribution < 1.29 is 23.5 Å². The van der Waals surface area contributed by atoms with E-state index in [9.17, 15) is 9.59 Å². The van der Waals surface area contributed by atoms with Crippen molar-refractivity contribution >= 4 is 20.3 Å². The van der Waals surface area contributed by atoms with E-state index in [2.05, 4.69) is 33.9 Å². The van der Waals surface area contributed by atoms with Crippen LogP contribution in [0.2, 0.25) is 18.1 Å². The van der Waals surface area contributed by atoms with Crippen LogP contribution in [0.5, 0.6) is 5.75 Å². The number of esters is 2. The summed E-state index contributed by atoms with van der Waals surface area (Å²) >= 11 is 0. The quantitative estimate of drug-likeness (QED) is 0.375. The molecule has 2 atom stereocenters. The van der Waals surface area contributed by atoms with Gasteiger partial charge in [-0.3, -0.25) is 9.59 Å². The lowest BCUT2D eigenvalue weighted by Crippen LogP contribution is -2.55. The molecule has 0 saturated carbocycles. The molecule has 28 heavy (non-hydrogen) atoms. The van der Waals surface area contributed by atoms with Crippen molar-refractivity contribution in [2.24, 2.45) is 5.92 Å². The van der Waals surface area contributed by atoms with Gasteiger partial charge in [0, 0.05) is 5.92 Å². The van der Waals surface area contributed by atoms with E-state index in [4.69, 9.17) is 13.9 Å². The minimum Gasteiger partial charge on any atom is -0.466 e. The Bertz CT molecular complexity index is 733. The van der Waals surface area contributed by atoms with Crippen LogP contribution in [0.15, 0.2) is 24.3 Å². The predicted molar refractivity (Wildman–Crippen MR) is 112 cm³/mol. The molecular formula is C22H34O5Si. The third-order valence-corrected chi connectivity index (χ3v) is 10.6. The highest BCUT2D eigenvalue weighted by molar-refractivity contribution is 6.74. The van der Waals surface area contributed by atoms with Crippen molar-refractivity contribution in [1.29, 1.82) is 0 Å². The van der Waals surface area contributed by atoms with Crippen LogP contribution in [0, 0.1) is 5.92 Å². The third-order valence-electron chi connectivity index (χ3n) is 5.95. The number of ether oxygens (including phenoxy) is 2. The second kappa shape index (κ2) is 7.99. The molecule has 0 aromatic heterocycles. The van der Waals surface area contributed by atoms with E-state index in [-0.39, 0.29) is 29.3 Å². The number of para-hydroxylation sites is 1. The lowest BCUT2D eigenvalue weighted by Gasteiger charge is -2.47. The van der Waals surface area contributed by atoms with Crippen molar-refractivity contribution in [2.45, 2.75) is 77.6 Å². The van der Waals surface area contributed by atoms with E-state index >= 15 is 0 Å². The Labute approximate surface area is 169 Å². The fraction of sp³-hybridized carbons (Fsp3) is 0.636. The predicted octanol–water partition coefficient (Wildman–Crippen LogP) is 5.06. The van der Waals surface area contributed by atoms with Crippen LogP contribution in [0.25, 0.3) is 0 Å². The molecule has 6 heteroatoms. The summed E-state index contributed by atoms with van der Waals surface area (Å²) in [4.78, 5) is 25.4. The number of fused-ring (bicyclic) bond motifs is 1. The normalized spacial score (nSPS) is 20.4. The molecule has 156 valence electrons. The number of carbonyl (C=O) groups is 2. The van der Waals surface area contributed by atoms with Gasteiger partial charge in [0.25, 0.3) is 0 Å². The van der Waals surface area contributed by atoms with E-state index in [1.54, 1.807) is 13.0 Å². The average Bonchev–Trinajstić information content (AvgIpc) is 2.52. The van der Waals surface area contributed by atoms with E-state index in [0.717, 1.165) is 5.56 Å². The van der Waals surface area contributed by atoms with Crippen LogP contribution >= 0.6 is 0 Å². The number of rotatable bonds is 6. The summed E-state index contributed by atoms with van der Waals surface area (Å²) < 4.78 is 17.5. The minimum atomic E-state index is -2.15. The Hall–Kier alpha value is -1.66. The second-order valence-corrected chi connectivity index (χ2v) is 14.2. The molecule has 0 fully saturated rings. The number of hydrogen-bond donors (Lipinski definition) is 0. The van der Waals surface area contributed by atoms with Gasteiger partial charge in [0.05, 0.1) is 24.5 Å². The highest BCUT2D eigenvalue weighted by Gasteiger charge is 2.52. The zero-order valence-electron chi connectivity index (χ0n) is 18.4. The van der Waals surface area contributed by atoms with Gasteiger partial charge < -0.3 is 13.9 Å². The van der Waals surface area contributed by atoms with Crippen LogP contribution in [-0.4, -0.2) is 32.5 Å². The summed E-state index contributed by atoms with van der Waals surface area (Å²) in [6, 6.07) is 7.41. The first-order valence-corrected chi connectivity index (χ1v) is 12.9. The molecule has 1 heterocycles. The SMILES string of the molecule is CCOC(=O)C[C@@H]1c2ccccc2OC(=O)[C@H]1C(C)(C)O[Si](C)(C)C(C)(C)C. The van der Waals surface area contributed by atoms with Crippen LogP contribution < -0.4 is 4.74 Å². The molecule has 0 aliphatic carbocycles. The molecule has 0 unspecified atom stereocenters. The first-order valence-electron chi connectivity index (χ1n) is 9.96. The largest absolute Gasteiger partial charge is 0.466 e. The smallest absolute Gasteiger partial charge is 0.317 e. The van der Waals surface area contributed by atoms with Crippen LogP contribution in [-0.2, 0) is 18.8 Å². The molecule has 0 saturated heterocycles. The molecule has 0 N–H and O–H groups in total. The van der Waals surface area contributed by atoms with E-state index < -0.39 is 19.8 Å². The van der Waals surface area contributed by atoms with Crippen molar-refractivity contribution in [3.63, 3.8) is 0 Å². The lowest BCUT2D eigenvalue weighted by atomic mass is 9.73. The summed E-state index contributed by atoms with van der Waals surface area (Å²) in [5, 5.41) is -0.00259. The zero-order valence-corrected chi connectivity index (χ0v) is 19.4. The topological polar surface area (TPSA) is 61.8 Å². The molecule has 0 bridgehead atoms. The Morgan fingerprint density at radius 3 is 2.32 bits per heavy atom. The molecule has 0 radical (unpaired) electrons. The van der Waals surface area contributed by atoms with E-state index in [0.29, 0.717) is 12.4 Å². The first-order chi connectivity index (χ1) is 12.8. The van der Waals surface area contributed by atoms with Gasteiger partial charge in [-0.05, 0) is 50.5 Å². The van der Waals surface area contributed by atoms with Crippen molar-refractivity contribution in [1.82, 2.24) is 0 Å². The van der Waals surface area contributed by atoms with Gasteiger partial charge in [-0.1, -0.05) is 39.0 Å². The van der Waals surface area contributed by atoms with Gasteiger partial charge in [0.1, 0.15) is 5.75 Å². The summed E-state index contributed by atoms with van der Waals surface area (Å²) in [5.41, 5.74) is 0.0668. The lowest BCUT2D eigenvalue weighted by molar-refractivity contribution is -0.152. The molecular weight excluding hydrogens is 372 g/mol. The zero-order chi connectivity index (χ0) is 21.3. The second-order valence-electron chi connectivity index (χ2n) is 9.52.